The molecule has 9 nitrogen and oxygen atoms in total. The molecule has 0 N–H and O–H groups in total. The lowest BCUT2D eigenvalue weighted by Gasteiger charge is -2.13. The van der Waals surface area contributed by atoms with Gasteiger partial charge in [-0.15, -0.1) is 0 Å². The van der Waals surface area contributed by atoms with Crippen molar-refractivity contribution < 1.29 is 17.7 Å². The van der Waals surface area contributed by atoms with Crippen LogP contribution in [0.4, 0.5) is 0 Å². The van der Waals surface area contributed by atoms with Crippen LogP contribution in [-0.4, -0.2) is 50.8 Å². The van der Waals surface area contributed by atoms with Crippen LogP contribution in [0.5, 0.6) is 0 Å². The molecule has 1 saturated carbocycles. The lowest BCUT2D eigenvalue weighted by Crippen LogP contribution is -2.24. The topological polar surface area (TPSA) is 105 Å². The van der Waals surface area contributed by atoms with Gasteiger partial charge in [0, 0.05) is 47.5 Å². The number of pyridine rings is 1. The molecular weight excluding hydrogens is 454 g/mol. The summed E-state index contributed by atoms with van der Waals surface area (Å²) in [6.45, 7) is 5.08. The molecule has 0 aromatic carbocycles. The van der Waals surface area contributed by atoms with Crippen molar-refractivity contribution in [3.63, 3.8) is 0 Å². The van der Waals surface area contributed by atoms with E-state index in [1.165, 1.54) is 3.97 Å². The minimum absolute atomic E-state index is 0.198. The molecular formula is C24H27N5O4S. The molecule has 1 aliphatic carbocycles. The second kappa shape index (κ2) is 8.06. The zero-order chi connectivity index (χ0) is 23.4. The van der Waals surface area contributed by atoms with E-state index in [0.29, 0.717) is 36.2 Å². The van der Waals surface area contributed by atoms with Crippen molar-refractivity contribution in [2.75, 3.05) is 13.2 Å². The van der Waals surface area contributed by atoms with Gasteiger partial charge in [0.1, 0.15) is 5.76 Å². The Kier molecular flexibility index (Phi) is 5.11. The molecule has 10 heteroatoms. The van der Waals surface area contributed by atoms with Crippen LogP contribution in [0.15, 0.2) is 35.4 Å². The zero-order valence-electron chi connectivity index (χ0n) is 19.3. The van der Waals surface area contributed by atoms with Crippen LogP contribution in [0.2, 0.25) is 0 Å². The summed E-state index contributed by atoms with van der Waals surface area (Å²) in [4.78, 5) is 4.75. The Morgan fingerprint density at radius 2 is 1.88 bits per heavy atom. The maximum Gasteiger partial charge on any atom is 0.241 e. The average molecular weight is 482 g/mol. The zero-order valence-corrected chi connectivity index (χ0v) is 20.1. The molecule has 1 saturated heterocycles. The van der Waals surface area contributed by atoms with Gasteiger partial charge < -0.3 is 9.26 Å². The molecule has 6 rings (SSSR count). The Balaban J connectivity index is 1.53. The molecule has 4 aromatic rings. The summed E-state index contributed by atoms with van der Waals surface area (Å²) in [5.74, 6) is 0.677. The maximum absolute atomic E-state index is 13.7. The van der Waals surface area contributed by atoms with Gasteiger partial charge >= 0.3 is 0 Å². The van der Waals surface area contributed by atoms with Gasteiger partial charge in [0.25, 0.3) is 0 Å². The number of ether oxygens (including phenoxy) is 1. The molecule has 34 heavy (non-hydrogen) atoms. The molecule has 0 amide bonds. The first-order valence-electron chi connectivity index (χ1n) is 11.7. The first-order valence-corrected chi connectivity index (χ1v) is 13.2. The van der Waals surface area contributed by atoms with Gasteiger partial charge in [-0.3, -0.25) is 9.67 Å². The van der Waals surface area contributed by atoms with Crippen molar-refractivity contribution in [1.82, 2.24) is 23.9 Å². The van der Waals surface area contributed by atoms with Gasteiger partial charge in [-0.2, -0.15) is 5.10 Å². The van der Waals surface area contributed by atoms with Crippen LogP contribution in [-0.2, 0) is 14.8 Å². The third-order valence-electron chi connectivity index (χ3n) is 7.12. The van der Waals surface area contributed by atoms with Crippen LogP contribution >= 0.6 is 0 Å². The fourth-order valence-corrected chi connectivity index (χ4v) is 7.20. The first-order chi connectivity index (χ1) is 16.4. The summed E-state index contributed by atoms with van der Waals surface area (Å²) in [7, 11) is -3.58. The van der Waals surface area contributed by atoms with Crippen LogP contribution in [0.25, 0.3) is 33.3 Å². The third kappa shape index (κ3) is 3.39. The summed E-state index contributed by atoms with van der Waals surface area (Å²) in [5.41, 5.74) is 5.18. The molecule has 5 heterocycles. The van der Waals surface area contributed by atoms with Crippen molar-refractivity contribution in [3.8, 4) is 22.3 Å². The van der Waals surface area contributed by atoms with E-state index in [2.05, 4.69) is 10.3 Å². The lowest BCUT2D eigenvalue weighted by molar-refractivity contribution is 0.184. The molecule has 0 bridgehead atoms. The average Bonchev–Trinajstić information content (AvgIpc) is 3.64. The van der Waals surface area contributed by atoms with E-state index in [1.807, 2.05) is 30.8 Å². The predicted octanol–water partition coefficient (Wildman–Crippen LogP) is 4.25. The molecule has 178 valence electrons. The maximum atomic E-state index is 13.7. The van der Waals surface area contributed by atoms with E-state index in [4.69, 9.17) is 14.2 Å². The number of hydrogen-bond donors (Lipinski definition) is 0. The second-order valence-corrected chi connectivity index (χ2v) is 11.4. The van der Waals surface area contributed by atoms with E-state index in [0.717, 1.165) is 53.8 Å². The highest BCUT2D eigenvalue weighted by atomic mass is 32.2. The summed E-state index contributed by atoms with van der Waals surface area (Å²) < 4.78 is 41.6. The fourth-order valence-electron chi connectivity index (χ4n) is 5.28. The lowest BCUT2D eigenvalue weighted by atomic mass is 10.1. The Bertz CT molecular complexity index is 1450. The third-order valence-corrected chi connectivity index (χ3v) is 9.28. The number of nitrogens with zero attached hydrogens (tertiary/aromatic N) is 5. The monoisotopic (exact) mass is 481 g/mol. The largest absolute Gasteiger partial charge is 0.379 e. The summed E-state index contributed by atoms with van der Waals surface area (Å²) >= 11 is 0. The molecule has 2 fully saturated rings. The second-order valence-electron chi connectivity index (χ2n) is 9.31. The molecule has 0 spiro atoms. The summed E-state index contributed by atoms with van der Waals surface area (Å²) in [6, 6.07) is 2.09. The molecule has 1 atom stereocenters. The van der Waals surface area contributed by atoms with E-state index in [1.54, 1.807) is 18.6 Å². The number of rotatable bonds is 5. The summed E-state index contributed by atoms with van der Waals surface area (Å²) in [6.07, 6.45) is 11.4. The van der Waals surface area contributed by atoms with Crippen molar-refractivity contribution in [2.24, 2.45) is 0 Å². The Morgan fingerprint density at radius 1 is 1.06 bits per heavy atom. The normalized spacial score (nSPS) is 19.5. The van der Waals surface area contributed by atoms with Crippen molar-refractivity contribution in [1.29, 1.82) is 0 Å². The molecule has 1 aliphatic heterocycles. The van der Waals surface area contributed by atoms with Gasteiger partial charge in [0.2, 0.25) is 10.0 Å². The minimum atomic E-state index is -3.58. The Labute approximate surface area is 197 Å². The van der Waals surface area contributed by atoms with Crippen LogP contribution in [0.1, 0.15) is 49.6 Å². The minimum Gasteiger partial charge on any atom is -0.379 e. The predicted molar refractivity (Wildman–Crippen MR) is 127 cm³/mol. The van der Waals surface area contributed by atoms with E-state index in [-0.39, 0.29) is 11.3 Å². The van der Waals surface area contributed by atoms with Gasteiger partial charge in [0.15, 0.2) is 0 Å². The number of fused-ring (bicyclic) bond motifs is 1. The van der Waals surface area contributed by atoms with Gasteiger partial charge in [-0.05, 0) is 39.2 Å². The molecule has 4 aromatic heterocycles. The number of aryl methyl sites for hydroxylation is 2. The van der Waals surface area contributed by atoms with Gasteiger partial charge in [-0.1, -0.05) is 18.0 Å². The number of aromatic nitrogens is 5. The molecule has 0 radical (unpaired) electrons. The molecule has 2 aliphatic rings. The Hall–Kier alpha value is -2.98. The number of hydrogen-bond acceptors (Lipinski definition) is 7. The SMILES string of the molecule is Cc1noc(C)c1-c1cnc2c(-c3cnn(C4CCOC4)c3)cn(S(=O)(=O)C3CCCC3)c2c1. The quantitative estimate of drug-likeness (QED) is 0.419. The highest BCUT2D eigenvalue weighted by Gasteiger charge is 2.32. The van der Waals surface area contributed by atoms with Gasteiger partial charge in [-0.25, -0.2) is 12.4 Å². The van der Waals surface area contributed by atoms with E-state index in [9.17, 15) is 8.42 Å². The van der Waals surface area contributed by atoms with Gasteiger partial charge in [0.05, 0.1) is 40.8 Å². The summed E-state index contributed by atoms with van der Waals surface area (Å²) in [5, 5.41) is 8.21. The first kappa shape index (κ1) is 21.5. The fraction of sp³-hybridized carbons (Fsp3) is 0.458. The van der Waals surface area contributed by atoms with Crippen LogP contribution in [0, 0.1) is 13.8 Å². The van der Waals surface area contributed by atoms with Crippen LogP contribution < -0.4 is 0 Å². The smallest absolute Gasteiger partial charge is 0.241 e. The van der Waals surface area contributed by atoms with Crippen molar-refractivity contribution in [3.05, 3.63) is 42.3 Å². The van der Waals surface area contributed by atoms with Crippen molar-refractivity contribution >= 4 is 21.1 Å². The van der Waals surface area contributed by atoms with Crippen LogP contribution in [0.3, 0.4) is 0 Å². The van der Waals surface area contributed by atoms with Crippen molar-refractivity contribution in [2.45, 2.75) is 57.2 Å². The standard InChI is InChI=1S/C24H27N5O4S/c1-15-23(16(2)33-27-15)17-9-22-24(25-10-17)21(13-29(22)34(30,31)20-5-3-4-6-20)18-11-26-28(12-18)19-7-8-32-14-19/h9-13,19-20H,3-8,14H2,1-2H3. The van der Waals surface area contributed by atoms with E-state index >= 15 is 0 Å². The van der Waals surface area contributed by atoms with E-state index < -0.39 is 10.0 Å². The highest BCUT2D eigenvalue weighted by Crippen LogP contribution is 2.37. The highest BCUT2D eigenvalue weighted by molar-refractivity contribution is 7.90. The molecule has 1 unspecified atom stereocenters. The Morgan fingerprint density at radius 3 is 2.59 bits per heavy atom.